The first-order chi connectivity index (χ1) is 9.08. The van der Waals surface area contributed by atoms with Gasteiger partial charge >= 0.3 is 0 Å². The number of benzene rings is 2. The molecule has 0 saturated heterocycles. The summed E-state index contributed by atoms with van der Waals surface area (Å²) in [7, 11) is 0. The molecule has 0 aliphatic heterocycles. The van der Waals surface area contributed by atoms with Crippen LogP contribution in [0.4, 0.5) is 0 Å². The first kappa shape index (κ1) is 13.8. The van der Waals surface area contributed by atoms with E-state index in [9.17, 15) is 0 Å². The summed E-state index contributed by atoms with van der Waals surface area (Å²) in [6.45, 7) is 2.42. The molecule has 0 unspecified atom stereocenters. The number of ether oxygens (including phenoxy) is 1. The molecule has 0 bridgehead atoms. The molecule has 98 valence electrons. The van der Waals surface area contributed by atoms with Crippen LogP contribution in [0.25, 0.3) is 0 Å². The predicted octanol–water partition coefficient (Wildman–Crippen LogP) is 3.86. The van der Waals surface area contributed by atoms with E-state index >= 15 is 0 Å². The largest absolute Gasteiger partial charge is 0.489 e. The van der Waals surface area contributed by atoms with Gasteiger partial charge in [0.2, 0.25) is 0 Å². The minimum Gasteiger partial charge on any atom is -0.489 e. The summed E-state index contributed by atoms with van der Waals surface area (Å²) in [4.78, 5) is 0.341. The van der Waals surface area contributed by atoms with Crippen LogP contribution in [0.5, 0.6) is 5.75 Å². The minimum atomic E-state index is 0.341. The van der Waals surface area contributed by atoms with E-state index in [1.165, 1.54) is 0 Å². The van der Waals surface area contributed by atoms with Gasteiger partial charge in [0.05, 0.1) is 0 Å². The second-order valence-corrected chi connectivity index (χ2v) is 5.07. The molecule has 0 atom stereocenters. The Bertz CT molecular complexity index is 613. The number of hydrogen-bond acceptors (Lipinski definition) is 2. The van der Waals surface area contributed by atoms with Gasteiger partial charge in [-0.2, -0.15) is 0 Å². The van der Waals surface area contributed by atoms with E-state index < -0.39 is 0 Å². The summed E-state index contributed by atoms with van der Waals surface area (Å²) < 4.78 is 5.76. The number of para-hydroxylation sites is 1. The van der Waals surface area contributed by atoms with E-state index in [1.807, 2.05) is 43.3 Å². The minimum absolute atomic E-state index is 0.341. The van der Waals surface area contributed by atoms with Crippen molar-refractivity contribution < 1.29 is 4.74 Å². The van der Waals surface area contributed by atoms with E-state index in [0.717, 1.165) is 22.4 Å². The fourth-order valence-electron chi connectivity index (χ4n) is 1.69. The monoisotopic (exact) mass is 291 g/mol. The lowest BCUT2D eigenvalue weighted by Gasteiger charge is -2.10. The van der Waals surface area contributed by atoms with Crippen LogP contribution in [-0.4, -0.2) is 4.99 Å². The summed E-state index contributed by atoms with van der Waals surface area (Å²) in [6, 6.07) is 13.4. The molecule has 0 aliphatic carbocycles. The molecule has 2 nitrogen and oxygen atoms in total. The van der Waals surface area contributed by atoms with Crippen molar-refractivity contribution in [3.05, 3.63) is 64.2 Å². The smallest absolute Gasteiger partial charge is 0.122 e. The number of thiocarbonyl (C=S) groups is 1. The molecular weight excluding hydrogens is 278 g/mol. The summed E-state index contributed by atoms with van der Waals surface area (Å²) in [5, 5.41) is 0.610. The highest BCUT2D eigenvalue weighted by Crippen LogP contribution is 2.22. The molecular formula is C15H14ClNOS. The second-order valence-electron chi connectivity index (χ2n) is 4.22. The van der Waals surface area contributed by atoms with Crippen LogP contribution in [-0.2, 0) is 6.61 Å². The van der Waals surface area contributed by atoms with Crippen molar-refractivity contribution in [3.8, 4) is 5.75 Å². The zero-order valence-electron chi connectivity index (χ0n) is 10.5. The Kier molecular flexibility index (Phi) is 4.40. The third kappa shape index (κ3) is 3.46. The number of rotatable bonds is 4. The molecule has 2 aromatic carbocycles. The van der Waals surface area contributed by atoms with Gasteiger partial charge in [-0.05, 0) is 24.6 Å². The molecule has 0 radical (unpaired) electrons. The Balaban J connectivity index is 2.12. The molecule has 0 saturated carbocycles. The van der Waals surface area contributed by atoms with Gasteiger partial charge in [-0.1, -0.05) is 54.2 Å². The maximum absolute atomic E-state index is 6.18. The van der Waals surface area contributed by atoms with Crippen molar-refractivity contribution in [2.75, 3.05) is 0 Å². The van der Waals surface area contributed by atoms with Crippen molar-refractivity contribution in [3.63, 3.8) is 0 Å². The van der Waals surface area contributed by atoms with Gasteiger partial charge < -0.3 is 10.5 Å². The number of aryl methyl sites for hydroxylation is 1. The Morgan fingerprint density at radius 3 is 2.63 bits per heavy atom. The van der Waals surface area contributed by atoms with Gasteiger partial charge in [0.25, 0.3) is 0 Å². The molecule has 2 rings (SSSR count). The SMILES string of the molecule is Cc1ccccc1OCc1ccc(C(N)=S)cc1Cl. The highest BCUT2D eigenvalue weighted by molar-refractivity contribution is 7.80. The summed E-state index contributed by atoms with van der Waals surface area (Å²) in [5.41, 5.74) is 8.33. The molecule has 0 heterocycles. The lowest BCUT2D eigenvalue weighted by molar-refractivity contribution is 0.304. The van der Waals surface area contributed by atoms with Crippen molar-refractivity contribution in [1.82, 2.24) is 0 Å². The topological polar surface area (TPSA) is 35.2 Å². The van der Waals surface area contributed by atoms with Gasteiger partial charge in [-0.15, -0.1) is 0 Å². The average molecular weight is 292 g/mol. The molecule has 0 fully saturated rings. The third-order valence-electron chi connectivity index (χ3n) is 2.81. The quantitative estimate of drug-likeness (QED) is 0.869. The summed E-state index contributed by atoms with van der Waals surface area (Å²) in [5.74, 6) is 0.858. The van der Waals surface area contributed by atoms with Crippen LogP contribution in [0.2, 0.25) is 5.02 Å². The van der Waals surface area contributed by atoms with Gasteiger partial charge in [0.1, 0.15) is 17.3 Å². The first-order valence-electron chi connectivity index (χ1n) is 5.84. The van der Waals surface area contributed by atoms with Crippen LogP contribution in [0, 0.1) is 6.92 Å². The van der Waals surface area contributed by atoms with Crippen molar-refractivity contribution in [2.45, 2.75) is 13.5 Å². The van der Waals surface area contributed by atoms with Crippen LogP contribution >= 0.6 is 23.8 Å². The lowest BCUT2D eigenvalue weighted by atomic mass is 10.1. The van der Waals surface area contributed by atoms with E-state index in [0.29, 0.717) is 16.6 Å². The van der Waals surface area contributed by atoms with Crippen LogP contribution in [0.15, 0.2) is 42.5 Å². The number of hydrogen-bond donors (Lipinski definition) is 1. The fraction of sp³-hybridized carbons (Fsp3) is 0.133. The highest BCUT2D eigenvalue weighted by atomic mass is 35.5. The maximum atomic E-state index is 6.18. The van der Waals surface area contributed by atoms with Gasteiger partial charge in [0, 0.05) is 16.1 Å². The van der Waals surface area contributed by atoms with Crippen LogP contribution in [0.3, 0.4) is 0 Å². The predicted molar refractivity (Wildman–Crippen MR) is 82.9 cm³/mol. The Morgan fingerprint density at radius 1 is 1.26 bits per heavy atom. The van der Waals surface area contributed by atoms with Gasteiger partial charge in [0.15, 0.2) is 0 Å². The van der Waals surface area contributed by atoms with E-state index in [1.54, 1.807) is 6.07 Å². The zero-order chi connectivity index (χ0) is 13.8. The molecule has 4 heteroatoms. The summed E-state index contributed by atoms with van der Waals surface area (Å²) in [6.07, 6.45) is 0. The van der Waals surface area contributed by atoms with Gasteiger partial charge in [-0.3, -0.25) is 0 Å². The molecule has 0 aromatic heterocycles. The average Bonchev–Trinajstić information content (AvgIpc) is 2.39. The normalized spacial score (nSPS) is 10.2. The van der Waals surface area contributed by atoms with Crippen LogP contribution < -0.4 is 10.5 Å². The molecule has 0 aliphatic rings. The zero-order valence-corrected chi connectivity index (χ0v) is 12.1. The van der Waals surface area contributed by atoms with Gasteiger partial charge in [-0.25, -0.2) is 0 Å². The lowest BCUT2D eigenvalue weighted by Crippen LogP contribution is -2.09. The summed E-state index contributed by atoms with van der Waals surface area (Å²) >= 11 is 11.1. The Labute approximate surface area is 123 Å². The molecule has 0 spiro atoms. The second kappa shape index (κ2) is 6.04. The Morgan fingerprint density at radius 2 is 2.00 bits per heavy atom. The van der Waals surface area contributed by atoms with E-state index in [-0.39, 0.29) is 0 Å². The third-order valence-corrected chi connectivity index (χ3v) is 3.40. The van der Waals surface area contributed by atoms with Crippen molar-refractivity contribution in [1.29, 1.82) is 0 Å². The molecule has 2 aromatic rings. The number of nitrogens with two attached hydrogens (primary N) is 1. The number of halogens is 1. The molecule has 0 amide bonds. The highest BCUT2D eigenvalue weighted by Gasteiger charge is 2.05. The van der Waals surface area contributed by atoms with E-state index in [2.05, 4.69) is 0 Å². The molecule has 2 N–H and O–H groups in total. The molecule has 19 heavy (non-hydrogen) atoms. The van der Waals surface area contributed by atoms with E-state index in [4.69, 9.17) is 34.3 Å². The van der Waals surface area contributed by atoms with Crippen LogP contribution in [0.1, 0.15) is 16.7 Å². The first-order valence-corrected chi connectivity index (χ1v) is 6.63. The van der Waals surface area contributed by atoms with Crippen molar-refractivity contribution in [2.24, 2.45) is 5.73 Å². The van der Waals surface area contributed by atoms with Crippen molar-refractivity contribution >= 4 is 28.8 Å². The fourth-order valence-corrected chi connectivity index (χ4v) is 2.05. The standard InChI is InChI=1S/C15H14ClNOS/c1-10-4-2-3-5-14(10)18-9-12-7-6-11(15(17)19)8-13(12)16/h2-8H,9H2,1H3,(H2,17,19). The maximum Gasteiger partial charge on any atom is 0.122 e. The Hall–Kier alpha value is -1.58.